The summed E-state index contributed by atoms with van der Waals surface area (Å²) in [7, 11) is 0.346. The molecule has 1 amide bonds. The number of rotatable bonds is 8. The number of nitrogens with zero attached hydrogens (tertiary/aromatic N) is 2. The van der Waals surface area contributed by atoms with Crippen molar-refractivity contribution in [3.63, 3.8) is 0 Å². The summed E-state index contributed by atoms with van der Waals surface area (Å²) in [5, 5.41) is 6.06. The molecule has 1 unspecified atom stereocenters. The van der Waals surface area contributed by atoms with E-state index < -0.39 is 26.3 Å². The molecule has 0 aliphatic carbocycles. The minimum Gasteiger partial charge on any atom is -0.444 e. The van der Waals surface area contributed by atoms with Gasteiger partial charge in [0.15, 0.2) is 15.8 Å². The van der Waals surface area contributed by atoms with E-state index in [4.69, 9.17) is 4.74 Å². The molecule has 9 heteroatoms. The highest BCUT2D eigenvalue weighted by atomic mass is 32.2. The van der Waals surface area contributed by atoms with Crippen LogP contribution >= 0.6 is 0 Å². The van der Waals surface area contributed by atoms with E-state index in [1.807, 2.05) is 46.6 Å². The van der Waals surface area contributed by atoms with Crippen LogP contribution in [-0.4, -0.2) is 75.2 Å². The summed E-state index contributed by atoms with van der Waals surface area (Å²) in [6.45, 7) is 13.8. The molecule has 0 aliphatic heterocycles. The van der Waals surface area contributed by atoms with Gasteiger partial charge in [-0.1, -0.05) is 13.8 Å². The fourth-order valence-corrected chi connectivity index (χ4v) is 2.61. The molecule has 0 spiro atoms. The number of alkyl carbamates (subject to hydrolysis) is 1. The normalized spacial score (nSPS) is 14.6. The average molecular weight is 421 g/mol. The molecule has 0 radical (unpaired) electrons. The maximum atomic E-state index is 12.1. The van der Waals surface area contributed by atoms with Gasteiger partial charge in [0, 0.05) is 39.5 Å². The van der Waals surface area contributed by atoms with E-state index in [0.29, 0.717) is 18.9 Å². The van der Waals surface area contributed by atoms with Crippen LogP contribution in [0.5, 0.6) is 0 Å². The third kappa shape index (κ3) is 9.61. The first-order chi connectivity index (χ1) is 12.5. The number of carbonyl (C=O) groups is 1. The van der Waals surface area contributed by atoms with Crippen LogP contribution in [0, 0.1) is 5.92 Å². The van der Waals surface area contributed by atoms with Crippen LogP contribution in [0.4, 0.5) is 4.79 Å². The summed E-state index contributed by atoms with van der Waals surface area (Å²) in [4.78, 5) is 18.2. The summed E-state index contributed by atoms with van der Waals surface area (Å²) in [5.41, 5.74) is -0.541. The molecule has 0 heterocycles. The largest absolute Gasteiger partial charge is 0.444 e. The van der Waals surface area contributed by atoms with Crippen molar-refractivity contribution >= 4 is 21.9 Å². The molecule has 2 N–H and O–H groups in total. The second-order valence-electron chi connectivity index (χ2n) is 9.14. The number of ether oxygens (including phenoxy) is 1. The highest BCUT2D eigenvalue weighted by molar-refractivity contribution is 7.92. The highest BCUT2D eigenvalue weighted by Gasteiger charge is 2.30. The second kappa shape index (κ2) is 10.3. The van der Waals surface area contributed by atoms with Crippen LogP contribution in [0.3, 0.4) is 0 Å². The Morgan fingerprint density at radius 3 is 2.11 bits per heavy atom. The molecule has 0 bridgehead atoms. The first-order valence-electron chi connectivity index (χ1n) is 9.61. The summed E-state index contributed by atoms with van der Waals surface area (Å²) in [5.74, 6) is 0.844. The van der Waals surface area contributed by atoms with Crippen LogP contribution in [0.2, 0.25) is 0 Å². The number of sulfone groups is 1. The van der Waals surface area contributed by atoms with Crippen LogP contribution in [0.15, 0.2) is 4.99 Å². The zero-order valence-electron chi connectivity index (χ0n) is 19.2. The Bertz CT molecular complexity index is 637. The van der Waals surface area contributed by atoms with E-state index in [1.54, 1.807) is 20.9 Å². The predicted molar refractivity (Wildman–Crippen MR) is 116 cm³/mol. The molecule has 0 rings (SSSR count). The minimum atomic E-state index is -3.19. The molecule has 1 atom stereocenters. The lowest BCUT2D eigenvalue weighted by atomic mass is 10.0. The standard InChI is InChI=1S/C19H40N4O4S/c1-14(2)15(22-17(24)27-18(3,4)5)11-12-23(9)16(20-8)21-13-19(6,7)28(10,25)26/h14-15H,11-13H2,1-10H3,(H,20,21)(H,22,24). The smallest absolute Gasteiger partial charge is 0.407 e. The van der Waals surface area contributed by atoms with Gasteiger partial charge < -0.3 is 20.3 Å². The quantitative estimate of drug-likeness (QED) is 0.461. The number of hydrogen-bond donors (Lipinski definition) is 2. The molecule has 0 aromatic rings. The molecular formula is C19H40N4O4S. The third-order valence-electron chi connectivity index (χ3n) is 4.53. The van der Waals surface area contributed by atoms with Gasteiger partial charge in [-0.15, -0.1) is 0 Å². The van der Waals surface area contributed by atoms with Crippen molar-refractivity contribution in [2.75, 3.05) is 33.4 Å². The van der Waals surface area contributed by atoms with Crippen LogP contribution < -0.4 is 10.6 Å². The number of nitrogens with one attached hydrogen (secondary N) is 2. The Hall–Kier alpha value is -1.51. The Balaban J connectivity index is 4.83. The number of carbonyl (C=O) groups excluding carboxylic acids is 1. The van der Waals surface area contributed by atoms with E-state index >= 15 is 0 Å². The highest BCUT2D eigenvalue weighted by Crippen LogP contribution is 2.14. The minimum absolute atomic E-state index is 0.0529. The molecule has 8 nitrogen and oxygen atoms in total. The zero-order valence-corrected chi connectivity index (χ0v) is 20.0. The summed E-state index contributed by atoms with van der Waals surface area (Å²) >= 11 is 0. The molecular weight excluding hydrogens is 380 g/mol. The molecule has 0 fully saturated rings. The number of hydrogen-bond acceptors (Lipinski definition) is 5. The maximum Gasteiger partial charge on any atom is 0.407 e. The van der Waals surface area contributed by atoms with Crippen molar-refractivity contribution in [2.24, 2.45) is 10.9 Å². The van der Waals surface area contributed by atoms with Crippen molar-refractivity contribution in [3.05, 3.63) is 0 Å². The van der Waals surface area contributed by atoms with E-state index in [-0.39, 0.29) is 18.5 Å². The number of guanidine groups is 1. The van der Waals surface area contributed by atoms with Crippen LogP contribution in [0.1, 0.15) is 54.9 Å². The van der Waals surface area contributed by atoms with Gasteiger partial charge in [0.25, 0.3) is 0 Å². The lowest BCUT2D eigenvalue weighted by Crippen LogP contribution is -2.49. The summed E-state index contributed by atoms with van der Waals surface area (Å²) < 4.78 is 28.2. The predicted octanol–water partition coefficient (Wildman–Crippen LogP) is 2.26. The summed E-state index contributed by atoms with van der Waals surface area (Å²) in [6, 6.07) is -0.0529. The zero-order chi connectivity index (χ0) is 22.3. The topological polar surface area (TPSA) is 100 Å². The number of amides is 1. The molecule has 0 aliphatic rings. The van der Waals surface area contributed by atoms with Crippen LogP contribution in [0.25, 0.3) is 0 Å². The van der Waals surface area contributed by atoms with Gasteiger partial charge in [-0.25, -0.2) is 13.2 Å². The van der Waals surface area contributed by atoms with Crippen molar-refractivity contribution in [2.45, 2.75) is 71.3 Å². The molecule has 0 saturated heterocycles. The maximum absolute atomic E-state index is 12.1. The van der Waals surface area contributed by atoms with Crippen LogP contribution in [-0.2, 0) is 14.6 Å². The van der Waals surface area contributed by atoms with E-state index in [9.17, 15) is 13.2 Å². The molecule has 0 aromatic carbocycles. The lowest BCUT2D eigenvalue weighted by Gasteiger charge is -2.30. The number of aliphatic imine (C=N–C) groups is 1. The lowest BCUT2D eigenvalue weighted by molar-refractivity contribution is 0.0485. The molecule has 28 heavy (non-hydrogen) atoms. The van der Waals surface area contributed by atoms with Crippen molar-refractivity contribution < 1.29 is 17.9 Å². The van der Waals surface area contributed by atoms with Gasteiger partial charge in [-0.05, 0) is 47.0 Å². The first kappa shape index (κ1) is 26.5. The van der Waals surface area contributed by atoms with Crippen molar-refractivity contribution in [1.82, 2.24) is 15.5 Å². The molecule has 166 valence electrons. The summed E-state index contributed by atoms with van der Waals surface area (Å²) in [6.07, 6.45) is 1.51. The fourth-order valence-electron chi connectivity index (χ4n) is 2.28. The Morgan fingerprint density at radius 1 is 1.18 bits per heavy atom. The third-order valence-corrected chi connectivity index (χ3v) is 6.68. The molecule has 0 aromatic heterocycles. The Morgan fingerprint density at radius 2 is 1.71 bits per heavy atom. The average Bonchev–Trinajstić information content (AvgIpc) is 2.48. The first-order valence-corrected chi connectivity index (χ1v) is 11.5. The van der Waals surface area contributed by atoms with E-state index in [2.05, 4.69) is 15.6 Å². The van der Waals surface area contributed by atoms with Gasteiger partial charge in [-0.2, -0.15) is 0 Å². The van der Waals surface area contributed by atoms with Crippen molar-refractivity contribution in [1.29, 1.82) is 0 Å². The fraction of sp³-hybridized carbons (Fsp3) is 0.895. The monoisotopic (exact) mass is 420 g/mol. The van der Waals surface area contributed by atoms with Gasteiger partial charge in [0.05, 0.1) is 4.75 Å². The van der Waals surface area contributed by atoms with E-state index in [1.165, 1.54) is 6.26 Å². The second-order valence-corrected chi connectivity index (χ2v) is 11.8. The SMILES string of the molecule is CN=C(NCC(C)(C)S(C)(=O)=O)N(C)CCC(NC(=O)OC(C)(C)C)C(C)C. The Kier molecular flexibility index (Phi) is 9.76. The Labute approximate surface area is 171 Å². The van der Waals surface area contributed by atoms with E-state index in [0.717, 1.165) is 0 Å². The van der Waals surface area contributed by atoms with Gasteiger partial charge in [-0.3, -0.25) is 4.99 Å². The van der Waals surface area contributed by atoms with Gasteiger partial charge in [0.1, 0.15) is 5.60 Å². The van der Waals surface area contributed by atoms with Gasteiger partial charge >= 0.3 is 6.09 Å². The molecule has 0 saturated carbocycles. The van der Waals surface area contributed by atoms with Gasteiger partial charge in [0.2, 0.25) is 0 Å². The van der Waals surface area contributed by atoms with Crippen molar-refractivity contribution in [3.8, 4) is 0 Å².